The van der Waals surface area contributed by atoms with Crippen LogP contribution in [0, 0.1) is 0 Å². The number of aliphatic carboxylic acids is 3. The topological polar surface area (TPSA) is 115 Å². The molecular formula is C22H39NO6. The van der Waals surface area contributed by atoms with Gasteiger partial charge in [-0.25, -0.2) is 0 Å². The average Bonchev–Trinajstić information content (AvgIpc) is 2.66. The molecular weight excluding hydrogens is 374 g/mol. The summed E-state index contributed by atoms with van der Waals surface area (Å²) in [5.41, 5.74) is 0. The van der Waals surface area contributed by atoms with E-state index >= 15 is 0 Å². The van der Waals surface area contributed by atoms with Crippen LogP contribution in [0.4, 0.5) is 0 Å². The van der Waals surface area contributed by atoms with Crippen molar-refractivity contribution in [2.75, 3.05) is 19.6 Å². The molecule has 0 heterocycles. The fourth-order valence-corrected chi connectivity index (χ4v) is 3.38. The summed E-state index contributed by atoms with van der Waals surface area (Å²) < 4.78 is 0.0456. The second kappa shape index (κ2) is 17.0. The van der Waals surface area contributed by atoms with Gasteiger partial charge >= 0.3 is 11.9 Å². The largest absolute Gasteiger partial charge is 0.550 e. The third kappa shape index (κ3) is 16.7. The van der Waals surface area contributed by atoms with Crippen LogP contribution in [0.1, 0.15) is 90.4 Å². The van der Waals surface area contributed by atoms with Crippen LogP contribution in [0.5, 0.6) is 0 Å². The summed E-state index contributed by atoms with van der Waals surface area (Å²) in [5, 5.41) is 28.9. The molecule has 0 aromatic carbocycles. The van der Waals surface area contributed by atoms with Crippen LogP contribution in [-0.2, 0) is 14.4 Å². The second-order valence-electron chi connectivity index (χ2n) is 7.80. The number of hydrogen-bond acceptors (Lipinski definition) is 4. The predicted molar refractivity (Wildman–Crippen MR) is 110 cm³/mol. The van der Waals surface area contributed by atoms with Gasteiger partial charge in [-0.15, -0.1) is 0 Å². The molecule has 0 radical (unpaired) electrons. The molecule has 0 spiro atoms. The molecule has 0 aliphatic carbocycles. The smallest absolute Gasteiger partial charge is 0.309 e. The van der Waals surface area contributed by atoms with E-state index in [2.05, 4.69) is 6.92 Å². The average molecular weight is 414 g/mol. The summed E-state index contributed by atoms with van der Waals surface area (Å²) in [6.45, 7) is 2.69. The Morgan fingerprint density at radius 3 is 1.66 bits per heavy atom. The molecule has 7 nitrogen and oxygen atoms in total. The maximum atomic E-state index is 11.0. The lowest BCUT2D eigenvalue weighted by Crippen LogP contribution is -2.48. The summed E-state index contributed by atoms with van der Waals surface area (Å²) >= 11 is 0. The Morgan fingerprint density at radius 2 is 1.21 bits per heavy atom. The van der Waals surface area contributed by atoms with Gasteiger partial charge in [0.2, 0.25) is 0 Å². The lowest BCUT2D eigenvalue weighted by molar-refractivity contribution is -0.878. The zero-order valence-electron chi connectivity index (χ0n) is 17.9. The van der Waals surface area contributed by atoms with Crippen molar-refractivity contribution in [1.82, 2.24) is 0 Å². The Morgan fingerprint density at radius 1 is 0.759 bits per heavy atom. The van der Waals surface area contributed by atoms with Crippen molar-refractivity contribution in [2.24, 2.45) is 0 Å². The van der Waals surface area contributed by atoms with Crippen molar-refractivity contribution in [3.8, 4) is 0 Å². The molecule has 0 amide bonds. The molecule has 0 saturated heterocycles. The van der Waals surface area contributed by atoms with Crippen molar-refractivity contribution in [2.45, 2.75) is 90.4 Å². The lowest BCUT2D eigenvalue weighted by atomic mass is 10.1. The number of allylic oxidation sites excluding steroid dienone is 1. The molecule has 2 N–H and O–H groups in total. The maximum absolute atomic E-state index is 11.0. The highest BCUT2D eigenvalue weighted by Crippen LogP contribution is 2.16. The minimum Gasteiger partial charge on any atom is -0.550 e. The molecule has 0 bridgehead atoms. The van der Waals surface area contributed by atoms with Crippen LogP contribution in [0.15, 0.2) is 12.3 Å². The van der Waals surface area contributed by atoms with E-state index in [1.54, 1.807) is 6.20 Å². The zero-order chi connectivity index (χ0) is 22.0. The first-order chi connectivity index (χ1) is 13.8. The fourth-order valence-electron chi connectivity index (χ4n) is 3.38. The van der Waals surface area contributed by atoms with Gasteiger partial charge in [0.25, 0.3) is 0 Å². The number of carbonyl (C=O) groups excluding carboxylic acids is 1. The highest BCUT2D eigenvalue weighted by atomic mass is 16.4. The quantitative estimate of drug-likeness (QED) is 0.234. The molecule has 0 rings (SSSR count). The summed E-state index contributed by atoms with van der Waals surface area (Å²) in [6.07, 6.45) is 15.1. The van der Waals surface area contributed by atoms with E-state index in [1.807, 2.05) is 6.08 Å². The van der Waals surface area contributed by atoms with Gasteiger partial charge in [0, 0.05) is 12.4 Å². The van der Waals surface area contributed by atoms with Crippen LogP contribution in [0.2, 0.25) is 0 Å². The molecule has 0 unspecified atom stereocenters. The maximum Gasteiger partial charge on any atom is 0.309 e. The van der Waals surface area contributed by atoms with Crippen molar-refractivity contribution in [3.05, 3.63) is 12.3 Å². The first-order valence-corrected chi connectivity index (χ1v) is 11.0. The van der Waals surface area contributed by atoms with Gasteiger partial charge in [0.15, 0.2) is 0 Å². The van der Waals surface area contributed by atoms with Crippen molar-refractivity contribution < 1.29 is 34.2 Å². The second-order valence-corrected chi connectivity index (χ2v) is 7.80. The Hall–Kier alpha value is -1.89. The van der Waals surface area contributed by atoms with E-state index in [1.165, 1.54) is 44.9 Å². The number of nitrogens with zero attached hydrogens (tertiary/aromatic N) is 1. The van der Waals surface area contributed by atoms with E-state index < -0.39 is 17.9 Å². The van der Waals surface area contributed by atoms with Gasteiger partial charge in [-0.1, -0.05) is 58.3 Å². The van der Waals surface area contributed by atoms with Gasteiger partial charge in [-0.3, -0.25) is 14.1 Å². The molecule has 29 heavy (non-hydrogen) atoms. The Kier molecular flexibility index (Phi) is 15.9. The minimum atomic E-state index is -1.22. The first kappa shape index (κ1) is 27.1. The van der Waals surface area contributed by atoms with E-state index in [4.69, 9.17) is 10.2 Å². The Balaban J connectivity index is 4.54. The molecule has 0 saturated carbocycles. The number of carboxylic acids is 3. The third-order valence-electron chi connectivity index (χ3n) is 5.20. The summed E-state index contributed by atoms with van der Waals surface area (Å²) in [4.78, 5) is 32.9. The summed E-state index contributed by atoms with van der Waals surface area (Å²) in [7, 11) is 0. The predicted octanol–water partition coefficient (Wildman–Crippen LogP) is 3.33. The molecule has 0 fully saturated rings. The van der Waals surface area contributed by atoms with Gasteiger partial charge < -0.3 is 20.1 Å². The number of hydrogen-bond donors (Lipinski definition) is 2. The number of unbranched alkanes of at least 4 members (excludes halogenated alkanes) is 9. The van der Waals surface area contributed by atoms with Gasteiger partial charge in [-0.2, -0.15) is 0 Å². The minimum absolute atomic E-state index is 0.0456. The summed E-state index contributed by atoms with van der Waals surface area (Å²) in [6, 6.07) is 0. The standard InChI is InChI=1S/C22H39NO6/c1-2-3-4-5-6-7-8-9-10-11-12-16-23(17-13-20(24)25,18-14-21(26)27)19-15-22(28)29/h12,16H,2-11,13-15,17-19H2,1H3,(H2-,24,25,26,27,28,29)/b16-12+. The third-order valence-corrected chi connectivity index (χ3v) is 5.20. The highest BCUT2D eigenvalue weighted by Gasteiger charge is 2.26. The Labute approximate surface area is 175 Å². The van der Waals surface area contributed by atoms with Crippen molar-refractivity contribution in [1.29, 1.82) is 0 Å². The van der Waals surface area contributed by atoms with E-state index in [0.717, 1.165) is 19.3 Å². The molecule has 0 atom stereocenters. The van der Waals surface area contributed by atoms with Crippen molar-refractivity contribution in [3.63, 3.8) is 0 Å². The molecule has 0 aliphatic heterocycles. The number of rotatable bonds is 20. The number of carboxylic acid groups (broad SMARTS) is 3. The Bertz CT molecular complexity index is 458. The SMILES string of the molecule is CCCCCCCCCCC/C=C/[N+](CCC(=O)[O-])(CCC(=O)O)CCC(=O)O. The van der Waals surface area contributed by atoms with E-state index in [-0.39, 0.29) is 43.4 Å². The zero-order valence-corrected chi connectivity index (χ0v) is 17.9. The fraction of sp³-hybridized carbons (Fsp3) is 0.773. The van der Waals surface area contributed by atoms with E-state index in [9.17, 15) is 19.5 Å². The van der Waals surface area contributed by atoms with Crippen LogP contribution >= 0.6 is 0 Å². The molecule has 7 heteroatoms. The molecule has 0 aromatic rings. The van der Waals surface area contributed by atoms with Crippen LogP contribution in [0.3, 0.4) is 0 Å². The van der Waals surface area contributed by atoms with Crippen molar-refractivity contribution >= 4 is 17.9 Å². The number of carbonyl (C=O) groups is 3. The molecule has 0 aliphatic rings. The molecule has 168 valence electrons. The van der Waals surface area contributed by atoms with Crippen LogP contribution < -0.4 is 5.11 Å². The molecule has 0 aromatic heterocycles. The van der Waals surface area contributed by atoms with Crippen LogP contribution in [0.25, 0.3) is 0 Å². The summed E-state index contributed by atoms with van der Waals surface area (Å²) in [5.74, 6) is -3.18. The normalized spacial score (nSPS) is 11.8. The van der Waals surface area contributed by atoms with Gasteiger partial charge in [0.1, 0.15) is 0 Å². The first-order valence-electron chi connectivity index (χ1n) is 11.0. The van der Waals surface area contributed by atoms with Gasteiger partial charge in [-0.05, 0) is 18.9 Å². The van der Waals surface area contributed by atoms with Crippen LogP contribution in [-0.4, -0.2) is 52.2 Å². The number of quaternary nitrogens is 1. The highest BCUT2D eigenvalue weighted by molar-refractivity contribution is 5.67. The van der Waals surface area contributed by atoms with E-state index in [0.29, 0.717) is 0 Å². The monoisotopic (exact) mass is 413 g/mol. The lowest BCUT2D eigenvalue weighted by Gasteiger charge is -2.34. The van der Waals surface area contributed by atoms with Gasteiger partial charge in [0.05, 0.1) is 38.7 Å².